The zero-order valence-electron chi connectivity index (χ0n) is 7.75. The number of hydrogen-bond donors (Lipinski definition) is 0. The van der Waals surface area contributed by atoms with Gasteiger partial charge in [0.05, 0.1) is 12.2 Å². The van der Waals surface area contributed by atoms with Gasteiger partial charge in [0.1, 0.15) is 5.01 Å². The Morgan fingerprint density at radius 1 is 1.53 bits per heavy atom. The van der Waals surface area contributed by atoms with Gasteiger partial charge in [0.25, 0.3) is 0 Å². The second-order valence-corrected chi connectivity index (χ2v) is 3.65. The van der Waals surface area contributed by atoms with Crippen molar-refractivity contribution in [1.29, 1.82) is 0 Å². The summed E-state index contributed by atoms with van der Waals surface area (Å²) in [5, 5.41) is 2.77. The van der Waals surface area contributed by atoms with Gasteiger partial charge in [-0.15, -0.1) is 11.3 Å². The Balaban J connectivity index is 2.24. The first kappa shape index (κ1) is 9.71. The summed E-state index contributed by atoms with van der Waals surface area (Å²) in [4.78, 5) is 21.7. The first-order valence-corrected chi connectivity index (χ1v) is 5.16. The molecule has 2 rings (SSSR count). The summed E-state index contributed by atoms with van der Waals surface area (Å²) in [6, 6.07) is 3.80. The van der Waals surface area contributed by atoms with E-state index in [1.165, 1.54) is 17.4 Å². The van der Waals surface area contributed by atoms with Gasteiger partial charge in [0, 0.05) is 23.3 Å². The van der Waals surface area contributed by atoms with E-state index >= 15 is 0 Å². The van der Waals surface area contributed by atoms with Crippen molar-refractivity contribution in [3.8, 4) is 10.6 Å². The van der Waals surface area contributed by atoms with E-state index in [9.17, 15) is 4.79 Å². The molecule has 2 heterocycles. The molecule has 0 bridgehead atoms. The normalized spacial score (nSPS) is 9.60. The minimum absolute atomic E-state index is 0.292. The Kier molecular flexibility index (Phi) is 2.97. The lowest BCUT2D eigenvalue weighted by molar-refractivity contribution is 0.562. The number of pyridine rings is 1. The number of thiazole rings is 1. The second-order valence-electron chi connectivity index (χ2n) is 2.79. The van der Waals surface area contributed by atoms with Crippen LogP contribution in [0, 0.1) is 0 Å². The molecular formula is C10H7N3OS. The van der Waals surface area contributed by atoms with Crippen molar-refractivity contribution in [2.24, 2.45) is 4.99 Å². The highest BCUT2D eigenvalue weighted by molar-refractivity contribution is 7.13. The highest BCUT2D eigenvalue weighted by atomic mass is 32.1. The molecule has 4 nitrogen and oxygen atoms in total. The first-order chi connectivity index (χ1) is 7.40. The summed E-state index contributed by atoms with van der Waals surface area (Å²) in [5.74, 6) is 0. The molecule has 2 aromatic heterocycles. The van der Waals surface area contributed by atoms with E-state index in [4.69, 9.17) is 0 Å². The van der Waals surface area contributed by atoms with Crippen LogP contribution in [0.15, 0.2) is 34.9 Å². The maximum absolute atomic E-state index is 9.93. The molecule has 0 saturated carbocycles. The van der Waals surface area contributed by atoms with Crippen molar-refractivity contribution in [2.75, 3.05) is 0 Å². The monoisotopic (exact) mass is 217 g/mol. The van der Waals surface area contributed by atoms with Gasteiger partial charge < -0.3 is 0 Å². The van der Waals surface area contributed by atoms with Crippen LogP contribution in [0.5, 0.6) is 0 Å². The maximum Gasteiger partial charge on any atom is 0.235 e. The molecule has 0 radical (unpaired) electrons. The van der Waals surface area contributed by atoms with Gasteiger partial charge in [-0.2, -0.15) is 4.99 Å². The number of aliphatic imine (C=N–C) groups is 1. The van der Waals surface area contributed by atoms with Crippen molar-refractivity contribution in [2.45, 2.75) is 6.54 Å². The molecule has 74 valence electrons. The number of carbonyl (C=O) groups excluding carboxylic acids is 1. The van der Waals surface area contributed by atoms with Crippen molar-refractivity contribution in [3.63, 3.8) is 0 Å². The summed E-state index contributed by atoms with van der Waals surface area (Å²) in [5.41, 5.74) is 1.76. The zero-order valence-corrected chi connectivity index (χ0v) is 8.57. The van der Waals surface area contributed by atoms with Crippen LogP contribution in [-0.2, 0) is 11.3 Å². The minimum atomic E-state index is 0.292. The SMILES string of the molecule is O=C=NCc1csc(-c2cccnc2)n1. The van der Waals surface area contributed by atoms with Gasteiger partial charge in [0.2, 0.25) is 6.08 Å². The summed E-state index contributed by atoms with van der Waals surface area (Å²) in [6.45, 7) is 0.292. The van der Waals surface area contributed by atoms with E-state index in [2.05, 4.69) is 15.0 Å². The molecule has 0 unspecified atom stereocenters. The fourth-order valence-corrected chi connectivity index (χ4v) is 1.92. The van der Waals surface area contributed by atoms with Crippen molar-refractivity contribution >= 4 is 17.4 Å². The van der Waals surface area contributed by atoms with Crippen LogP contribution in [0.25, 0.3) is 10.6 Å². The third-order valence-corrected chi connectivity index (χ3v) is 2.71. The molecule has 0 aliphatic heterocycles. The molecule has 0 spiro atoms. The predicted octanol–water partition coefficient (Wildman–Crippen LogP) is 2.04. The zero-order chi connectivity index (χ0) is 10.5. The van der Waals surface area contributed by atoms with Crippen LogP contribution in [0.2, 0.25) is 0 Å². The number of isocyanates is 1. The highest BCUT2D eigenvalue weighted by Crippen LogP contribution is 2.22. The fraction of sp³-hybridized carbons (Fsp3) is 0.100. The molecule has 0 aromatic carbocycles. The van der Waals surface area contributed by atoms with Crippen LogP contribution in [0.1, 0.15) is 5.69 Å². The Labute approximate surface area is 90.4 Å². The van der Waals surface area contributed by atoms with Crippen molar-refractivity contribution < 1.29 is 4.79 Å². The molecule has 0 fully saturated rings. The van der Waals surface area contributed by atoms with E-state index < -0.39 is 0 Å². The lowest BCUT2D eigenvalue weighted by atomic mass is 10.3. The van der Waals surface area contributed by atoms with E-state index in [-0.39, 0.29) is 0 Å². The smallest absolute Gasteiger partial charge is 0.235 e. The average molecular weight is 217 g/mol. The molecule has 0 amide bonds. The Hall–Kier alpha value is -1.84. The Morgan fingerprint density at radius 2 is 2.47 bits per heavy atom. The standard InChI is InChI=1S/C10H7N3OS/c14-7-12-5-9-6-15-10(13-9)8-2-1-3-11-4-8/h1-4,6H,5H2. The van der Waals surface area contributed by atoms with Gasteiger partial charge >= 0.3 is 0 Å². The third kappa shape index (κ3) is 2.34. The van der Waals surface area contributed by atoms with Gasteiger partial charge in [-0.25, -0.2) is 9.78 Å². The maximum atomic E-state index is 9.93. The molecule has 0 atom stereocenters. The van der Waals surface area contributed by atoms with Crippen LogP contribution in [0.4, 0.5) is 0 Å². The molecule has 0 saturated heterocycles. The van der Waals surface area contributed by atoms with E-state index in [1.54, 1.807) is 12.4 Å². The minimum Gasteiger partial charge on any atom is -0.264 e. The van der Waals surface area contributed by atoms with Gasteiger partial charge in [0.15, 0.2) is 0 Å². The van der Waals surface area contributed by atoms with Crippen molar-refractivity contribution in [3.05, 3.63) is 35.6 Å². The first-order valence-electron chi connectivity index (χ1n) is 4.28. The Morgan fingerprint density at radius 3 is 3.20 bits per heavy atom. The molecule has 5 heteroatoms. The highest BCUT2D eigenvalue weighted by Gasteiger charge is 2.03. The molecule has 2 aromatic rings. The molecule has 0 aliphatic rings. The molecule has 15 heavy (non-hydrogen) atoms. The lowest BCUT2D eigenvalue weighted by Crippen LogP contribution is -1.82. The van der Waals surface area contributed by atoms with Crippen molar-refractivity contribution in [1.82, 2.24) is 9.97 Å². The topological polar surface area (TPSA) is 55.2 Å². The van der Waals surface area contributed by atoms with Gasteiger partial charge in [-0.1, -0.05) is 0 Å². The fourth-order valence-electron chi connectivity index (χ4n) is 1.11. The summed E-state index contributed by atoms with van der Waals surface area (Å²) in [6.07, 6.45) is 4.97. The number of aromatic nitrogens is 2. The number of rotatable bonds is 3. The van der Waals surface area contributed by atoms with Crippen LogP contribution in [-0.4, -0.2) is 16.0 Å². The number of nitrogens with zero attached hydrogens (tertiary/aromatic N) is 3. The summed E-state index contributed by atoms with van der Waals surface area (Å²) >= 11 is 1.51. The van der Waals surface area contributed by atoms with E-state index in [0.29, 0.717) is 6.54 Å². The second kappa shape index (κ2) is 4.59. The van der Waals surface area contributed by atoms with Crippen LogP contribution >= 0.6 is 11.3 Å². The largest absolute Gasteiger partial charge is 0.264 e. The third-order valence-electron chi connectivity index (χ3n) is 1.77. The summed E-state index contributed by atoms with van der Waals surface area (Å²) < 4.78 is 0. The quantitative estimate of drug-likeness (QED) is 0.584. The van der Waals surface area contributed by atoms with Gasteiger partial charge in [-0.3, -0.25) is 4.98 Å². The molecule has 0 aliphatic carbocycles. The number of hydrogen-bond acceptors (Lipinski definition) is 5. The molecule has 0 N–H and O–H groups in total. The summed E-state index contributed by atoms with van der Waals surface area (Å²) in [7, 11) is 0. The molecular weight excluding hydrogens is 210 g/mol. The lowest BCUT2D eigenvalue weighted by Gasteiger charge is -1.92. The predicted molar refractivity (Wildman–Crippen MR) is 57.2 cm³/mol. The van der Waals surface area contributed by atoms with Gasteiger partial charge in [-0.05, 0) is 12.1 Å². The van der Waals surface area contributed by atoms with E-state index in [0.717, 1.165) is 16.3 Å². The van der Waals surface area contributed by atoms with Crippen LogP contribution < -0.4 is 0 Å². The average Bonchev–Trinajstić information content (AvgIpc) is 2.76. The van der Waals surface area contributed by atoms with Crippen LogP contribution in [0.3, 0.4) is 0 Å². The Bertz CT molecular complexity index is 488. The van der Waals surface area contributed by atoms with E-state index in [1.807, 2.05) is 17.5 Å².